The van der Waals surface area contributed by atoms with Crippen LogP contribution in [0.2, 0.25) is 0 Å². The average molecular weight is 288 g/mol. The minimum Gasteiger partial charge on any atom is -0.368 e. The monoisotopic (exact) mass is 288 g/mol. The summed E-state index contributed by atoms with van der Waals surface area (Å²) < 4.78 is 0. The van der Waals surface area contributed by atoms with E-state index >= 15 is 0 Å². The topological polar surface area (TPSA) is 15.3 Å². The van der Waals surface area contributed by atoms with Crippen molar-refractivity contribution in [1.29, 1.82) is 0 Å². The summed E-state index contributed by atoms with van der Waals surface area (Å²) in [7, 11) is 2.05. The molecule has 1 fully saturated rings. The van der Waals surface area contributed by atoms with E-state index < -0.39 is 0 Å². The molecule has 0 aliphatic heterocycles. The number of nitrogens with one attached hydrogen (secondary N) is 1. The van der Waals surface area contributed by atoms with Gasteiger partial charge in [-0.15, -0.1) is 0 Å². The molecule has 0 radical (unpaired) electrons. The smallest absolute Gasteiger partial charge is 0.0369 e. The molecule has 0 spiro atoms. The molecule has 0 bridgehead atoms. The van der Waals surface area contributed by atoms with Crippen LogP contribution in [0.3, 0.4) is 0 Å². The third-order valence-corrected chi connectivity index (χ3v) is 4.71. The lowest BCUT2D eigenvalue weighted by atomic mass is 10.0. The van der Waals surface area contributed by atoms with Gasteiger partial charge in [-0.3, -0.25) is 0 Å². The van der Waals surface area contributed by atoms with Crippen molar-refractivity contribution in [3.05, 3.63) is 29.8 Å². The van der Waals surface area contributed by atoms with Gasteiger partial charge in [-0.1, -0.05) is 45.7 Å². The van der Waals surface area contributed by atoms with Crippen molar-refractivity contribution >= 4 is 5.69 Å². The molecule has 1 unspecified atom stereocenters. The fraction of sp³-hybridized carbons (Fsp3) is 0.684. The first-order valence-corrected chi connectivity index (χ1v) is 8.69. The lowest BCUT2D eigenvalue weighted by molar-refractivity contribution is 0.535. The van der Waals surface area contributed by atoms with Crippen LogP contribution in [-0.2, 0) is 0 Å². The molecule has 0 heterocycles. The molecule has 0 amide bonds. The van der Waals surface area contributed by atoms with Gasteiger partial charge in [0.1, 0.15) is 0 Å². The minimum absolute atomic E-state index is 0.476. The second kappa shape index (κ2) is 7.84. The second-order valence-electron chi connectivity index (χ2n) is 6.83. The number of anilines is 1. The molecule has 1 aliphatic carbocycles. The summed E-state index contributed by atoms with van der Waals surface area (Å²) in [5.41, 5.74) is 2.81. The maximum Gasteiger partial charge on any atom is 0.0369 e. The summed E-state index contributed by atoms with van der Waals surface area (Å²) in [6.45, 7) is 8.06. The molecule has 1 N–H and O–H groups in total. The van der Waals surface area contributed by atoms with Crippen molar-refractivity contribution in [3.63, 3.8) is 0 Å². The van der Waals surface area contributed by atoms with Crippen LogP contribution in [0.25, 0.3) is 0 Å². The summed E-state index contributed by atoms with van der Waals surface area (Å²) in [4.78, 5) is 2.65. The van der Waals surface area contributed by atoms with Gasteiger partial charge in [0.2, 0.25) is 0 Å². The van der Waals surface area contributed by atoms with Crippen molar-refractivity contribution in [2.75, 3.05) is 18.5 Å². The summed E-state index contributed by atoms with van der Waals surface area (Å²) in [5, 5.41) is 3.39. The third kappa shape index (κ3) is 4.23. The number of hydrogen-bond acceptors (Lipinski definition) is 2. The van der Waals surface area contributed by atoms with Gasteiger partial charge in [-0.25, -0.2) is 0 Å². The molecular formula is C19H32N2. The molecule has 1 aliphatic rings. The Labute approximate surface area is 130 Å². The third-order valence-electron chi connectivity index (χ3n) is 4.71. The minimum atomic E-state index is 0.476. The van der Waals surface area contributed by atoms with Crippen molar-refractivity contribution in [2.24, 2.45) is 5.92 Å². The quantitative estimate of drug-likeness (QED) is 0.778. The molecule has 1 aromatic rings. The SMILES string of the molecule is CCC(NC)c1ccc(N(CC(C)C)C2CCCC2)cc1. The van der Waals surface area contributed by atoms with Crippen molar-refractivity contribution in [3.8, 4) is 0 Å². The molecule has 1 saturated carbocycles. The highest BCUT2D eigenvalue weighted by atomic mass is 15.2. The molecule has 21 heavy (non-hydrogen) atoms. The number of nitrogens with zero attached hydrogens (tertiary/aromatic N) is 1. The van der Waals surface area contributed by atoms with E-state index in [2.05, 4.69) is 55.3 Å². The molecule has 2 heteroatoms. The Hall–Kier alpha value is -1.02. The zero-order chi connectivity index (χ0) is 15.2. The van der Waals surface area contributed by atoms with E-state index in [0.29, 0.717) is 12.0 Å². The average Bonchev–Trinajstić information content (AvgIpc) is 3.01. The summed E-state index contributed by atoms with van der Waals surface area (Å²) in [5.74, 6) is 0.714. The van der Waals surface area contributed by atoms with E-state index in [1.807, 2.05) is 7.05 Å². The van der Waals surface area contributed by atoms with Crippen LogP contribution in [-0.4, -0.2) is 19.6 Å². The van der Waals surface area contributed by atoms with Crippen LogP contribution in [0.15, 0.2) is 24.3 Å². The van der Waals surface area contributed by atoms with Crippen LogP contribution in [0.5, 0.6) is 0 Å². The molecule has 2 rings (SSSR count). The largest absolute Gasteiger partial charge is 0.368 e. The van der Waals surface area contributed by atoms with Crippen LogP contribution in [0.1, 0.15) is 64.5 Å². The number of benzene rings is 1. The van der Waals surface area contributed by atoms with E-state index in [1.165, 1.54) is 43.5 Å². The second-order valence-corrected chi connectivity index (χ2v) is 6.83. The van der Waals surface area contributed by atoms with Crippen molar-refractivity contribution < 1.29 is 0 Å². The van der Waals surface area contributed by atoms with E-state index in [4.69, 9.17) is 0 Å². The summed E-state index contributed by atoms with van der Waals surface area (Å²) in [6.07, 6.45) is 6.66. The maximum absolute atomic E-state index is 3.39. The van der Waals surface area contributed by atoms with Gasteiger partial charge in [0.15, 0.2) is 0 Å². The van der Waals surface area contributed by atoms with Gasteiger partial charge in [-0.2, -0.15) is 0 Å². The molecule has 1 atom stereocenters. The zero-order valence-corrected chi connectivity index (χ0v) is 14.2. The molecule has 0 saturated heterocycles. The first kappa shape index (κ1) is 16.4. The fourth-order valence-electron chi connectivity index (χ4n) is 3.58. The first-order chi connectivity index (χ1) is 10.2. The lowest BCUT2D eigenvalue weighted by Crippen LogP contribution is -2.36. The number of rotatable bonds is 7. The van der Waals surface area contributed by atoms with Gasteiger partial charge in [0, 0.05) is 24.3 Å². The Bertz CT molecular complexity index is 400. The van der Waals surface area contributed by atoms with Crippen LogP contribution >= 0.6 is 0 Å². The Balaban J connectivity index is 2.15. The molecule has 2 nitrogen and oxygen atoms in total. The van der Waals surface area contributed by atoms with Crippen LogP contribution < -0.4 is 10.2 Å². The Morgan fingerprint density at radius 3 is 2.24 bits per heavy atom. The highest BCUT2D eigenvalue weighted by Crippen LogP contribution is 2.30. The first-order valence-electron chi connectivity index (χ1n) is 8.69. The highest BCUT2D eigenvalue weighted by molar-refractivity contribution is 5.49. The lowest BCUT2D eigenvalue weighted by Gasteiger charge is -2.33. The molecular weight excluding hydrogens is 256 g/mol. The Morgan fingerprint density at radius 2 is 1.76 bits per heavy atom. The predicted octanol–water partition coefficient (Wildman–Crippen LogP) is 4.76. The Morgan fingerprint density at radius 1 is 1.14 bits per heavy atom. The van der Waals surface area contributed by atoms with Crippen LogP contribution in [0, 0.1) is 5.92 Å². The maximum atomic E-state index is 3.39. The predicted molar refractivity (Wildman–Crippen MR) is 93.0 cm³/mol. The van der Waals surface area contributed by atoms with Gasteiger partial charge in [-0.05, 0) is 49.9 Å². The fourth-order valence-corrected chi connectivity index (χ4v) is 3.58. The van der Waals surface area contributed by atoms with Gasteiger partial charge in [0.05, 0.1) is 0 Å². The van der Waals surface area contributed by atoms with Crippen LogP contribution in [0.4, 0.5) is 5.69 Å². The Kier molecular flexibility index (Phi) is 6.10. The van der Waals surface area contributed by atoms with Gasteiger partial charge in [0.25, 0.3) is 0 Å². The highest BCUT2D eigenvalue weighted by Gasteiger charge is 2.23. The van der Waals surface area contributed by atoms with E-state index in [1.54, 1.807) is 0 Å². The molecule has 0 aromatic heterocycles. The summed E-state index contributed by atoms with van der Waals surface area (Å²) in [6, 6.07) is 10.5. The molecule has 1 aromatic carbocycles. The van der Waals surface area contributed by atoms with Gasteiger partial charge >= 0.3 is 0 Å². The normalized spacial score (nSPS) is 17.4. The van der Waals surface area contributed by atoms with E-state index in [-0.39, 0.29) is 0 Å². The van der Waals surface area contributed by atoms with E-state index in [9.17, 15) is 0 Å². The summed E-state index contributed by atoms with van der Waals surface area (Å²) >= 11 is 0. The van der Waals surface area contributed by atoms with Crippen molar-refractivity contribution in [2.45, 2.75) is 65.0 Å². The van der Waals surface area contributed by atoms with Crippen molar-refractivity contribution in [1.82, 2.24) is 5.32 Å². The standard InChI is InChI=1S/C19H32N2/c1-5-19(20-4)16-10-12-18(13-11-16)21(14-15(2)3)17-8-6-7-9-17/h10-13,15,17,19-20H,5-9,14H2,1-4H3. The molecule has 118 valence electrons. The van der Waals surface area contributed by atoms with E-state index in [0.717, 1.165) is 12.5 Å². The number of hydrogen-bond donors (Lipinski definition) is 1. The zero-order valence-electron chi connectivity index (χ0n) is 14.2. The van der Waals surface area contributed by atoms with Gasteiger partial charge < -0.3 is 10.2 Å².